The fourth-order valence-electron chi connectivity index (χ4n) is 0.823. The minimum atomic E-state index is -0.718. The van der Waals surface area contributed by atoms with Crippen molar-refractivity contribution in [1.29, 1.82) is 0 Å². The number of nitrogens with zero attached hydrogens (tertiary/aromatic N) is 3. The molecule has 0 saturated heterocycles. The zero-order chi connectivity index (χ0) is 10.6. The highest BCUT2D eigenvalue weighted by Gasteiger charge is 2.14. The Balaban J connectivity index is 3.00. The van der Waals surface area contributed by atoms with Crippen molar-refractivity contribution in [2.24, 2.45) is 5.73 Å². The van der Waals surface area contributed by atoms with Gasteiger partial charge in [0.15, 0.2) is 0 Å². The first-order chi connectivity index (χ1) is 6.66. The third kappa shape index (κ3) is 2.25. The first-order valence-corrected chi connectivity index (χ1v) is 4.28. The number of hydrogen-bond donors (Lipinski definition) is 2. The lowest BCUT2D eigenvalue weighted by molar-refractivity contribution is 0.257. The van der Waals surface area contributed by atoms with Gasteiger partial charge in [-0.05, 0) is 6.92 Å². The molecule has 0 aliphatic rings. The van der Waals surface area contributed by atoms with Gasteiger partial charge in [-0.15, -0.1) is 0 Å². The summed E-state index contributed by atoms with van der Waals surface area (Å²) in [6, 6.07) is -0.718. The van der Waals surface area contributed by atoms with Gasteiger partial charge in [0.05, 0.1) is 12.8 Å². The second kappa shape index (κ2) is 4.66. The van der Waals surface area contributed by atoms with Crippen LogP contribution in [0.15, 0.2) is 12.5 Å². The largest absolute Gasteiger partial charge is 0.476 e. The number of aromatic nitrogens is 2. The van der Waals surface area contributed by atoms with Crippen molar-refractivity contribution in [3.05, 3.63) is 12.5 Å². The zero-order valence-electron chi connectivity index (χ0n) is 7.54. The molecular weight excluding hydrogens is 204 g/mol. The normalized spacial score (nSPS) is 9.57. The van der Waals surface area contributed by atoms with Gasteiger partial charge in [-0.2, -0.15) is 4.98 Å². The smallest absolute Gasteiger partial charge is 0.329 e. The van der Waals surface area contributed by atoms with E-state index >= 15 is 0 Å². The molecule has 0 radical (unpaired) electrons. The SMILES string of the molecule is CCOc1ncncc1N(S)C(N)=O. The van der Waals surface area contributed by atoms with Gasteiger partial charge in [0.1, 0.15) is 12.0 Å². The van der Waals surface area contributed by atoms with Gasteiger partial charge < -0.3 is 10.5 Å². The molecule has 0 unspecified atom stereocenters. The molecule has 2 N–H and O–H groups in total. The molecule has 0 aliphatic heterocycles. The molecule has 2 amide bonds. The van der Waals surface area contributed by atoms with E-state index < -0.39 is 6.03 Å². The Kier molecular flexibility index (Phi) is 3.52. The lowest BCUT2D eigenvalue weighted by Gasteiger charge is -2.14. The molecule has 7 heteroatoms. The van der Waals surface area contributed by atoms with E-state index in [9.17, 15) is 4.79 Å². The van der Waals surface area contributed by atoms with Crippen LogP contribution in [0.4, 0.5) is 10.5 Å². The molecule has 0 saturated carbocycles. The van der Waals surface area contributed by atoms with Crippen LogP contribution < -0.4 is 14.8 Å². The van der Waals surface area contributed by atoms with Crippen LogP contribution >= 0.6 is 12.8 Å². The average Bonchev–Trinajstić information content (AvgIpc) is 2.18. The Labute approximate surface area is 86.6 Å². The Morgan fingerprint density at radius 3 is 3.07 bits per heavy atom. The number of amides is 2. The van der Waals surface area contributed by atoms with E-state index in [1.165, 1.54) is 12.5 Å². The molecular formula is C7H10N4O2S. The highest BCUT2D eigenvalue weighted by Crippen LogP contribution is 2.25. The topological polar surface area (TPSA) is 81.3 Å². The van der Waals surface area contributed by atoms with E-state index in [4.69, 9.17) is 10.5 Å². The summed E-state index contributed by atoms with van der Waals surface area (Å²) in [5.41, 5.74) is 5.36. The van der Waals surface area contributed by atoms with Crippen LogP contribution in [0.1, 0.15) is 6.92 Å². The number of carbonyl (C=O) groups is 1. The molecule has 0 spiro atoms. The molecule has 1 aromatic rings. The van der Waals surface area contributed by atoms with Crippen molar-refractivity contribution in [3.63, 3.8) is 0 Å². The predicted octanol–water partition coefficient (Wildman–Crippen LogP) is 0.605. The second-order valence-electron chi connectivity index (χ2n) is 2.30. The van der Waals surface area contributed by atoms with Gasteiger partial charge in [-0.1, -0.05) is 12.8 Å². The Hall–Kier alpha value is -1.50. The van der Waals surface area contributed by atoms with E-state index in [0.717, 1.165) is 4.31 Å². The summed E-state index contributed by atoms with van der Waals surface area (Å²) >= 11 is 3.88. The predicted molar refractivity (Wildman–Crippen MR) is 54.2 cm³/mol. The number of ether oxygens (including phenoxy) is 1. The minimum Gasteiger partial charge on any atom is -0.476 e. The third-order valence-corrected chi connectivity index (χ3v) is 1.79. The highest BCUT2D eigenvalue weighted by molar-refractivity contribution is 7.82. The molecule has 0 bridgehead atoms. The number of primary amides is 1. The molecule has 1 rings (SSSR count). The van der Waals surface area contributed by atoms with E-state index in [1.54, 1.807) is 6.92 Å². The lowest BCUT2D eigenvalue weighted by atomic mass is 10.5. The van der Waals surface area contributed by atoms with Gasteiger partial charge in [-0.3, -0.25) is 0 Å². The molecule has 14 heavy (non-hydrogen) atoms. The van der Waals surface area contributed by atoms with Gasteiger partial charge in [0, 0.05) is 0 Å². The van der Waals surface area contributed by atoms with Crippen molar-refractivity contribution in [2.75, 3.05) is 10.9 Å². The van der Waals surface area contributed by atoms with Crippen LogP contribution in [0, 0.1) is 0 Å². The van der Waals surface area contributed by atoms with Crippen LogP contribution in [-0.2, 0) is 0 Å². The van der Waals surface area contributed by atoms with E-state index in [2.05, 4.69) is 22.8 Å². The van der Waals surface area contributed by atoms with Gasteiger partial charge in [-0.25, -0.2) is 14.1 Å². The minimum absolute atomic E-state index is 0.274. The van der Waals surface area contributed by atoms with Gasteiger partial charge in [0.2, 0.25) is 5.88 Å². The number of thiol groups is 1. The summed E-state index contributed by atoms with van der Waals surface area (Å²) in [5, 5.41) is 0. The number of urea groups is 1. The Morgan fingerprint density at radius 1 is 1.79 bits per heavy atom. The maximum Gasteiger partial charge on any atom is 0.329 e. The van der Waals surface area contributed by atoms with E-state index in [1.807, 2.05) is 0 Å². The van der Waals surface area contributed by atoms with Crippen LogP contribution in [0.25, 0.3) is 0 Å². The fourth-order valence-corrected chi connectivity index (χ4v) is 0.960. The first kappa shape index (κ1) is 10.6. The Morgan fingerprint density at radius 2 is 2.50 bits per heavy atom. The summed E-state index contributed by atoms with van der Waals surface area (Å²) in [6.45, 7) is 2.24. The molecule has 6 nitrogen and oxygen atoms in total. The summed E-state index contributed by atoms with van der Waals surface area (Å²) in [5.74, 6) is 0.274. The quantitative estimate of drug-likeness (QED) is 0.722. The second-order valence-corrected chi connectivity index (χ2v) is 2.70. The van der Waals surface area contributed by atoms with E-state index in [0.29, 0.717) is 12.3 Å². The summed E-state index contributed by atoms with van der Waals surface area (Å²) in [6.07, 6.45) is 2.72. The van der Waals surface area contributed by atoms with Gasteiger partial charge >= 0.3 is 6.03 Å². The standard InChI is InChI=1S/C7H10N4O2S/c1-2-13-6-5(3-9-4-10-6)11(14)7(8)12/h3-4,14H,2H2,1H3,(H2,8,12). The Bertz CT molecular complexity index is 333. The monoisotopic (exact) mass is 214 g/mol. The van der Waals surface area contributed by atoms with Crippen molar-refractivity contribution in [1.82, 2.24) is 9.97 Å². The number of rotatable bonds is 3. The number of nitrogens with two attached hydrogens (primary N) is 1. The average molecular weight is 214 g/mol. The summed E-state index contributed by atoms with van der Waals surface area (Å²) in [4.78, 5) is 18.4. The summed E-state index contributed by atoms with van der Waals surface area (Å²) in [7, 11) is 0. The van der Waals surface area contributed by atoms with Crippen LogP contribution in [0.3, 0.4) is 0 Å². The number of carbonyl (C=O) groups excluding carboxylic acids is 1. The molecule has 0 aliphatic carbocycles. The lowest BCUT2D eigenvalue weighted by Crippen LogP contribution is -2.27. The maximum atomic E-state index is 10.8. The number of hydrogen-bond acceptors (Lipinski definition) is 5. The van der Waals surface area contributed by atoms with Crippen molar-refractivity contribution < 1.29 is 9.53 Å². The maximum absolute atomic E-state index is 10.8. The molecule has 76 valence electrons. The molecule has 0 aromatic carbocycles. The fraction of sp³-hybridized carbons (Fsp3) is 0.286. The number of anilines is 1. The summed E-state index contributed by atoms with van der Waals surface area (Å²) < 4.78 is 6.08. The molecule has 1 heterocycles. The van der Waals surface area contributed by atoms with Crippen molar-refractivity contribution >= 4 is 24.5 Å². The molecule has 0 fully saturated rings. The van der Waals surface area contributed by atoms with Crippen molar-refractivity contribution in [3.8, 4) is 5.88 Å². The van der Waals surface area contributed by atoms with Crippen LogP contribution in [0.5, 0.6) is 5.88 Å². The van der Waals surface area contributed by atoms with E-state index in [-0.39, 0.29) is 5.88 Å². The third-order valence-electron chi connectivity index (χ3n) is 1.38. The zero-order valence-corrected chi connectivity index (χ0v) is 8.44. The van der Waals surface area contributed by atoms with Crippen molar-refractivity contribution in [2.45, 2.75) is 6.92 Å². The molecule has 0 atom stereocenters. The first-order valence-electron chi connectivity index (χ1n) is 3.88. The van der Waals surface area contributed by atoms with Crippen LogP contribution in [0.2, 0.25) is 0 Å². The molecule has 1 aromatic heterocycles. The highest BCUT2D eigenvalue weighted by atomic mass is 32.1. The van der Waals surface area contributed by atoms with Crippen LogP contribution in [-0.4, -0.2) is 22.6 Å². The van der Waals surface area contributed by atoms with Gasteiger partial charge in [0.25, 0.3) is 0 Å².